The predicted molar refractivity (Wildman–Crippen MR) is 68.4 cm³/mol. The minimum absolute atomic E-state index is 0.400. The SMILES string of the molecule is CCCC(=O)N1C(CCC)CCC1CCC. The number of hydrogen-bond acceptors (Lipinski definition) is 1. The lowest BCUT2D eigenvalue weighted by molar-refractivity contribution is -0.134. The summed E-state index contributed by atoms with van der Waals surface area (Å²) in [6.07, 6.45) is 8.94. The first-order chi connectivity index (χ1) is 7.74. The van der Waals surface area contributed by atoms with Crippen LogP contribution >= 0.6 is 0 Å². The Balaban J connectivity index is 2.63. The Morgan fingerprint density at radius 3 is 1.88 bits per heavy atom. The number of carbonyl (C=O) groups excluding carboxylic acids is 1. The van der Waals surface area contributed by atoms with Crippen LogP contribution in [-0.4, -0.2) is 22.9 Å². The van der Waals surface area contributed by atoms with E-state index < -0.39 is 0 Å². The maximum atomic E-state index is 12.1. The largest absolute Gasteiger partial charge is 0.337 e. The Hall–Kier alpha value is -0.530. The molecular weight excluding hydrogens is 198 g/mol. The van der Waals surface area contributed by atoms with Gasteiger partial charge in [-0.1, -0.05) is 33.6 Å². The van der Waals surface area contributed by atoms with E-state index >= 15 is 0 Å². The van der Waals surface area contributed by atoms with Gasteiger partial charge in [-0.15, -0.1) is 0 Å². The predicted octanol–water partition coefficient (Wildman–Crippen LogP) is 3.75. The van der Waals surface area contributed by atoms with Crippen molar-refractivity contribution in [1.29, 1.82) is 0 Å². The highest BCUT2D eigenvalue weighted by molar-refractivity contribution is 5.77. The molecule has 94 valence electrons. The molecular formula is C14H27NO. The molecule has 2 unspecified atom stereocenters. The molecule has 1 fully saturated rings. The molecule has 1 aliphatic rings. The van der Waals surface area contributed by atoms with Gasteiger partial charge < -0.3 is 4.90 Å². The van der Waals surface area contributed by atoms with E-state index in [4.69, 9.17) is 0 Å². The molecule has 1 heterocycles. The molecule has 0 N–H and O–H groups in total. The summed E-state index contributed by atoms with van der Waals surface area (Å²) in [5, 5.41) is 0. The zero-order valence-electron chi connectivity index (χ0n) is 11.2. The summed E-state index contributed by atoms with van der Waals surface area (Å²) in [4.78, 5) is 14.4. The van der Waals surface area contributed by atoms with Crippen LogP contribution in [0, 0.1) is 0 Å². The van der Waals surface area contributed by atoms with Gasteiger partial charge in [-0.25, -0.2) is 0 Å². The van der Waals surface area contributed by atoms with Gasteiger partial charge in [0.05, 0.1) is 0 Å². The molecule has 0 saturated carbocycles. The van der Waals surface area contributed by atoms with Crippen molar-refractivity contribution in [3.8, 4) is 0 Å². The third-order valence-corrected chi connectivity index (χ3v) is 3.62. The third-order valence-electron chi connectivity index (χ3n) is 3.62. The number of nitrogens with zero attached hydrogens (tertiary/aromatic N) is 1. The van der Waals surface area contributed by atoms with E-state index in [1.165, 1.54) is 38.5 Å². The van der Waals surface area contributed by atoms with E-state index in [9.17, 15) is 4.79 Å². The lowest BCUT2D eigenvalue weighted by Gasteiger charge is -2.30. The van der Waals surface area contributed by atoms with E-state index in [-0.39, 0.29) is 0 Å². The van der Waals surface area contributed by atoms with Crippen LogP contribution in [0.25, 0.3) is 0 Å². The fourth-order valence-electron chi connectivity index (χ4n) is 2.94. The summed E-state index contributed by atoms with van der Waals surface area (Å²) in [6, 6.07) is 1.08. The van der Waals surface area contributed by atoms with E-state index in [1.54, 1.807) is 0 Å². The second-order valence-electron chi connectivity index (χ2n) is 5.01. The van der Waals surface area contributed by atoms with E-state index in [2.05, 4.69) is 25.7 Å². The van der Waals surface area contributed by atoms with E-state index in [0.717, 1.165) is 12.8 Å². The van der Waals surface area contributed by atoms with Crippen LogP contribution in [0.5, 0.6) is 0 Å². The Labute approximate surface area is 100 Å². The lowest BCUT2D eigenvalue weighted by Crippen LogP contribution is -2.41. The molecule has 0 spiro atoms. The number of likely N-dealkylation sites (tertiary alicyclic amines) is 1. The fourth-order valence-corrected chi connectivity index (χ4v) is 2.94. The highest BCUT2D eigenvalue weighted by Crippen LogP contribution is 2.30. The van der Waals surface area contributed by atoms with E-state index in [0.29, 0.717) is 18.0 Å². The molecule has 0 aromatic rings. The monoisotopic (exact) mass is 225 g/mol. The lowest BCUT2D eigenvalue weighted by atomic mass is 10.1. The van der Waals surface area contributed by atoms with Crippen molar-refractivity contribution in [2.24, 2.45) is 0 Å². The summed E-state index contributed by atoms with van der Waals surface area (Å²) in [7, 11) is 0. The molecule has 0 aromatic heterocycles. The molecule has 2 nitrogen and oxygen atoms in total. The van der Waals surface area contributed by atoms with Crippen molar-refractivity contribution in [2.45, 2.75) is 84.2 Å². The minimum atomic E-state index is 0.400. The number of rotatable bonds is 6. The van der Waals surface area contributed by atoms with Crippen molar-refractivity contribution in [3.05, 3.63) is 0 Å². The molecule has 0 bridgehead atoms. The van der Waals surface area contributed by atoms with Gasteiger partial charge in [0.2, 0.25) is 5.91 Å². The summed E-state index contributed by atoms with van der Waals surface area (Å²) in [6.45, 7) is 6.53. The molecule has 1 aliphatic heterocycles. The van der Waals surface area contributed by atoms with Crippen molar-refractivity contribution in [2.75, 3.05) is 0 Å². The second kappa shape index (κ2) is 6.93. The molecule has 16 heavy (non-hydrogen) atoms. The second-order valence-corrected chi connectivity index (χ2v) is 5.01. The number of hydrogen-bond donors (Lipinski definition) is 0. The summed E-state index contributed by atoms with van der Waals surface area (Å²) in [5.74, 6) is 0.400. The average molecular weight is 225 g/mol. The van der Waals surface area contributed by atoms with Crippen LogP contribution in [0.3, 0.4) is 0 Å². The Morgan fingerprint density at radius 2 is 1.50 bits per heavy atom. The fraction of sp³-hybridized carbons (Fsp3) is 0.929. The van der Waals surface area contributed by atoms with Crippen molar-refractivity contribution in [1.82, 2.24) is 4.90 Å². The van der Waals surface area contributed by atoms with Gasteiger partial charge in [0.1, 0.15) is 0 Å². The van der Waals surface area contributed by atoms with Gasteiger partial charge in [-0.2, -0.15) is 0 Å². The van der Waals surface area contributed by atoms with Crippen LogP contribution in [0.15, 0.2) is 0 Å². The Bertz CT molecular complexity index is 201. The van der Waals surface area contributed by atoms with Crippen LogP contribution < -0.4 is 0 Å². The minimum Gasteiger partial charge on any atom is -0.337 e. The van der Waals surface area contributed by atoms with Crippen molar-refractivity contribution >= 4 is 5.91 Å². The topological polar surface area (TPSA) is 20.3 Å². The number of amides is 1. The number of carbonyl (C=O) groups is 1. The van der Waals surface area contributed by atoms with Gasteiger partial charge in [0, 0.05) is 18.5 Å². The van der Waals surface area contributed by atoms with Crippen molar-refractivity contribution < 1.29 is 4.79 Å². The first-order valence-electron chi connectivity index (χ1n) is 7.05. The summed E-state index contributed by atoms with van der Waals surface area (Å²) in [5.41, 5.74) is 0. The van der Waals surface area contributed by atoms with Gasteiger partial charge in [-0.3, -0.25) is 4.79 Å². The molecule has 1 rings (SSSR count). The smallest absolute Gasteiger partial charge is 0.223 e. The zero-order valence-corrected chi connectivity index (χ0v) is 11.2. The Kier molecular flexibility index (Phi) is 5.86. The average Bonchev–Trinajstić information content (AvgIpc) is 2.63. The van der Waals surface area contributed by atoms with Gasteiger partial charge >= 0.3 is 0 Å². The van der Waals surface area contributed by atoms with Crippen LogP contribution in [0.2, 0.25) is 0 Å². The standard InChI is InChI=1S/C14H27NO/c1-4-7-12-10-11-13(8-5-2)15(12)14(16)9-6-3/h12-13H,4-11H2,1-3H3. The molecule has 2 atom stereocenters. The van der Waals surface area contributed by atoms with Gasteiger partial charge in [-0.05, 0) is 32.1 Å². The first-order valence-corrected chi connectivity index (χ1v) is 7.05. The normalized spacial score (nSPS) is 25.1. The summed E-state index contributed by atoms with van der Waals surface area (Å²) >= 11 is 0. The third kappa shape index (κ3) is 3.23. The molecule has 0 radical (unpaired) electrons. The molecule has 0 aliphatic carbocycles. The zero-order chi connectivity index (χ0) is 12.0. The van der Waals surface area contributed by atoms with Crippen LogP contribution in [-0.2, 0) is 4.79 Å². The first kappa shape index (κ1) is 13.5. The van der Waals surface area contributed by atoms with Crippen LogP contribution in [0.1, 0.15) is 72.1 Å². The quantitative estimate of drug-likeness (QED) is 0.674. The maximum absolute atomic E-state index is 12.1. The molecule has 1 saturated heterocycles. The van der Waals surface area contributed by atoms with E-state index in [1.807, 2.05) is 0 Å². The van der Waals surface area contributed by atoms with Gasteiger partial charge in [0.15, 0.2) is 0 Å². The van der Waals surface area contributed by atoms with Gasteiger partial charge in [0.25, 0.3) is 0 Å². The Morgan fingerprint density at radius 1 is 1.00 bits per heavy atom. The van der Waals surface area contributed by atoms with Crippen molar-refractivity contribution in [3.63, 3.8) is 0 Å². The highest BCUT2D eigenvalue weighted by Gasteiger charge is 2.34. The summed E-state index contributed by atoms with van der Waals surface area (Å²) < 4.78 is 0. The molecule has 2 heteroatoms. The highest BCUT2D eigenvalue weighted by atomic mass is 16.2. The molecule has 1 amide bonds. The molecule has 0 aromatic carbocycles. The van der Waals surface area contributed by atoms with Crippen LogP contribution in [0.4, 0.5) is 0 Å². The maximum Gasteiger partial charge on any atom is 0.223 e.